The summed E-state index contributed by atoms with van der Waals surface area (Å²) in [6.45, 7) is 11.6. The molecule has 5 heterocycles. The van der Waals surface area contributed by atoms with Crippen LogP contribution in [-0.2, 0) is 38.5 Å². The third-order valence-electron chi connectivity index (χ3n) is 11.6. The van der Waals surface area contributed by atoms with Crippen LogP contribution in [0.15, 0.2) is 36.5 Å². The average Bonchev–Trinajstić information content (AvgIpc) is 4.01. The Labute approximate surface area is 333 Å². The second-order valence-corrected chi connectivity index (χ2v) is 17.0. The maximum absolute atomic E-state index is 13.6. The number of ether oxygens (including phenoxy) is 4. The van der Waals surface area contributed by atoms with Crippen LogP contribution in [0.25, 0.3) is 33.6 Å². The number of aromatic amines is 2. The van der Waals surface area contributed by atoms with Crippen LogP contribution in [0.5, 0.6) is 5.75 Å². The van der Waals surface area contributed by atoms with E-state index in [2.05, 4.69) is 45.6 Å². The minimum atomic E-state index is -0.691. The molecule has 1 aliphatic carbocycles. The first-order valence-corrected chi connectivity index (χ1v) is 20.0. The molecular weight excluding hydrogens is 727 g/mol. The maximum Gasteiger partial charge on any atom is 0.410 e. The summed E-state index contributed by atoms with van der Waals surface area (Å²) in [7, 11) is 2.99. The third kappa shape index (κ3) is 7.47. The second-order valence-electron chi connectivity index (χ2n) is 17.0. The fourth-order valence-corrected chi connectivity index (χ4v) is 8.84. The Bertz CT molecular complexity index is 2190. The number of rotatable bonds is 8. The number of likely N-dealkylation sites (tertiary alicyclic amines) is 2. The molecule has 2 fully saturated rings. The van der Waals surface area contributed by atoms with Crippen LogP contribution >= 0.6 is 0 Å². The van der Waals surface area contributed by atoms with Crippen molar-refractivity contribution >= 4 is 18.1 Å². The van der Waals surface area contributed by atoms with Crippen molar-refractivity contribution in [3.05, 3.63) is 65.0 Å². The molecule has 0 spiro atoms. The van der Waals surface area contributed by atoms with Crippen LogP contribution in [0.4, 0.5) is 9.59 Å². The lowest BCUT2D eigenvalue weighted by Crippen LogP contribution is -2.51. The molecule has 3 N–H and O–H groups in total. The maximum atomic E-state index is 13.6. The number of nitrogens with one attached hydrogen (secondary N) is 3. The van der Waals surface area contributed by atoms with Gasteiger partial charge in [0.15, 0.2) is 0 Å². The SMILES string of the molecule is COC[C@H]1CC(c2nc3c([nH]2)-c2cc4c(cc2CC3)-c2ccc(-c3cnc([C@@H]5CCCN5C(=O)[C@@H](NC(=O)OC)C(C)C)[nH]3)cc2CO4)N(C(=O)OC(C)(C)C)C1. The predicted octanol–water partition coefficient (Wildman–Crippen LogP) is 7.11. The van der Waals surface area contributed by atoms with E-state index in [0.29, 0.717) is 26.3 Å². The predicted molar refractivity (Wildman–Crippen MR) is 212 cm³/mol. The number of H-pyrrole nitrogens is 2. The molecule has 0 saturated carbocycles. The fourth-order valence-electron chi connectivity index (χ4n) is 8.84. The number of carbonyl (C=O) groups is 3. The number of benzene rings is 2. The van der Waals surface area contributed by atoms with Gasteiger partial charge in [-0.3, -0.25) is 9.69 Å². The lowest BCUT2D eigenvalue weighted by molar-refractivity contribution is -0.135. The lowest BCUT2D eigenvalue weighted by Gasteiger charge is -2.30. The zero-order valence-electron chi connectivity index (χ0n) is 33.9. The minimum Gasteiger partial charge on any atom is -0.488 e. The van der Waals surface area contributed by atoms with Gasteiger partial charge in [0.1, 0.15) is 35.6 Å². The van der Waals surface area contributed by atoms with Gasteiger partial charge in [0.2, 0.25) is 5.91 Å². The van der Waals surface area contributed by atoms with E-state index in [-0.39, 0.29) is 35.9 Å². The summed E-state index contributed by atoms with van der Waals surface area (Å²) in [6, 6.07) is 9.65. The molecule has 1 unspecified atom stereocenters. The molecule has 3 aliphatic heterocycles. The van der Waals surface area contributed by atoms with Crippen LogP contribution in [-0.4, -0.2) is 93.4 Å². The standard InChI is InChI=1S/C43H53N7O7/c1-23(2)36(48-41(52)55-7)40(51)49-14-8-9-33(49)38-44-19-32(46-38)26-10-12-28-27(16-26)22-56-35-18-29-25(17-30(28)35)11-13-31-37(29)47-39(45-31)34-15-24(21-54-6)20-50(34)42(53)57-43(3,4)5/h10,12,16-19,23-24,33-34,36H,8-9,11,13-15,20-22H2,1-7H3,(H,44,46)(H,45,47)(H,48,52)/t24-,33-,34?,36-/m0/s1. The number of amides is 3. The highest BCUT2D eigenvalue weighted by molar-refractivity contribution is 5.87. The van der Waals surface area contributed by atoms with E-state index in [1.165, 1.54) is 12.7 Å². The van der Waals surface area contributed by atoms with Gasteiger partial charge in [0, 0.05) is 37.2 Å². The summed E-state index contributed by atoms with van der Waals surface area (Å²) in [5.41, 5.74) is 8.79. The molecule has 302 valence electrons. The highest BCUT2D eigenvalue weighted by Crippen LogP contribution is 2.46. The second kappa shape index (κ2) is 15.2. The van der Waals surface area contributed by atoms with E-state index in [1.54, 1.807) is 12.0 Å². The van der Waals surface area contributed by atoms with Gasteiger partial charge in [-0.1, -0.05) is 26.0 Å². The van der Waals surface area contributed by atoms with Crippen molar-refractivity contribution in [3.63, 3.8) is 0 Å². The molecule has 0 radical (unpaired) electrons. The van der Waals surface area contributed by atoms with E-state index >= 15 is 0 Å². The number of hydrogen-bond donors (Lipinski definition) is 3. The van der Waals surface area contributed by atoms with E-state index in [4.69, 9.17) is 28.9 Å². The number of carbonyl (C=O) groups excluding carboxylic acids is 3. The van der Waals surface area contributed by atoms with Gasteiger partial charge in [0.25, 0.3) is 0 Å². The summed E-state index contributed by atoms with van der Waals surface area (Å²) < 4.78 is 22.5. The first-order chi connectivity index (χ1) is 27.3. The molecule has 3 amide bonds. The van der Waals surface area contributed by atoms with Gasteiger partial charge in [-0.15, -0.1) is 0 Å². The molecule has 57 heavy (non-hydrogen) atoms. The van der Waals surface area contributed by atoms with Crippen LogP contribution in [0, 0.1) is 11.8 Å². The summed E-state index contributed by atoms with van der Waals surface area (Å²) >= 11 is 0. The molecule has 4 atom stereocenters. The topological polar surface area (TPSA) is 164 Å². The molecule has 8 rings (SSSR count). The molecule has 2 aromatic carbocycles. The molecule has 14 nitrogen and oxygen atoms in total. The third-order valence-corrected chi connectivity index (χ3v) is 11.6. The van der Waals surface area contributed by atoms with Crippen molar-refractivity contribution in [3.8, 4) is 39.4 Å². The van der Waals surface area contributed by atoms with Gasteiger partial charge < -0.3 is 39.1 Å². The largest absolute Gasteiger partial charge is 0.488 e. The number of nitrogens with zero attached hydrogens (tertiary/aromatic N) is 4. The summed E-state index contributed by atoms with van der Waals surface area (Å²) in [5, 5.41) is 2.71. The molecular formula is C43H53N7O7. The summed E-state index contributed by atoms with van der Waals surface area (Å²) in [6.07, 6.45) is 4.87. The lowest BCUT2D eigenvalue weighted by atomic mass is 9.86. The average molecular weight is 780 g/mol. The van der Waals surface area contributed by atoms with Crippen molar-refractivity contribution in [2.24, 2.45) is 11.8 Å². The van der Waals surface area contributed by atoms with Crippen molar-refractivity contribution in [2.45, 2.75) is 97.1 Å². The molecule has 4 aliphatic rings. The van der Waals surface area contributed by atoms with Crippen LogP contribution in [0.2, 0.25) is 0 Å². The zero-order valence-corrected chi connectivity index (χ0v) is 33.9. The number of aromatic nitrogens is 4. The first kappa shape index (κ1) is 38.5. The monoisotopic (exact) mass is 779 g/mol. The molecule has 2 aromatic heterocycles. The highest BCUT2D eigenvalue weighted by Gasteiger charge is 2.41. The Morgan fingerprint density at radius 2 is 1.81 bits per heavy atom. The van der Waals surface area contributed by atoms with Crippen molar-refractivity contribution in [1.82, 2.24) is 35.1 Å². The van der Waals surface area contributed by atoms with Crippen molar-refractivity contribution < 1.29 is 33.3 Å². The Balaban J connectivity index is 1.02. The number of methoxy groups -OCH3 is 2. The van der Waals surface area contributed by atoms with E-state index < -0.39 is 17.7 Å². The number of hydrogen-bond acceptors (Lipinski definition) is 9. The fraction of sp³-hybridized carbons (Fsp3) is 0.512. The summed E-state index contributed by atoms with van der Waals surface area (Å²) in [5.74, 6) is 2.27. The first-order valence-electron chi connectivity index (χ1n) is 20.0. The highest BCUT2D eigenvalue weighted by atomic mass is 16.6. The summed E-state index contributed by atoms with van der Waals surface area (Å²) in [4.78, 5) is 59.5. The van der Waals surface area contributed by atoms with E-state index in [1.807, 2.05) is 45.7 Å². The molecule has 0 bridgehead atoms. The van der Waals surface area contributed by atoms with Crippen LogP contribution in [0.1, 0.15) is 94.4 Å². The zero-order chi connectivity index (χ0) is 40.2. The Morgan fingerprint density at radius 1 is 0.982 bits per heavy atom. The number of fused-ring (bicyclic) bond motifs is 6. The molecule has 14 heteroatoms. The van der Waals surface area contributed by atoms with Crippen LogP contribution < -0.4 is 10.1 Å². The molecule has 4 aromatic rings. The smallest absolute Gasteiger partial charge is 0.410 e. The number of imidazole rings is 2. The Morgan fingerprint density at radius 3 is 2.56 bits per heavy atom. The van der Waals surface area contributed by atoms with E-state index in [9.17, 15) is 14.4 Å². The van der Waals surface area contributed by atoms with Gasteiger partial charge in [0.05, 0.1) is 49.1 Å². The Kier molecular flexibility index (Phi) is 10.3. The quantitative estimate of drug-likeness (QED) is 0.169. The Hall–Kier alpha value is -5.37. The van der Waals surface area contributed by atoms with Gasteiger partial charge in [-0.25, -0.2) is 19.6 Å². The molecule has 2 saturated heterocycles. The van der Waals surface area contributed by atoms with Gasteiger partial charge >= 0.3 is 12.2 Å². The van der Waals surface area contributed by atoms with Crippen molar-refractivity contribution in [1.29, 1.82) is 0 Å². The number of aryl methyl sites for hydroxylation is 2. The van der Waals surface area contributed by atoms with Gasteiger partial charge in [-0.05, 0) is 99.2 Å². The van der Waals surface area contributed by atoms with E-state index in [0.717, 1.165) is 94.4 Å². The normalized spacial score (nSPS) is 20.3. The van der Waals surface area contributed by atoms with Gasteiger partial charge in [-0.2, -0.15) is 0 Å². The van der Waals surface area contributed by atoms with Crippen molar-refractivity contribution in [2.75, 3.05) is 33.9 Å². The number of alkyl carbamates (subject to hydrolysis) is 1. The van der Waals surface area contributed by atoms with Crippen LogP contribution in [0.3, 0.4) is 0 Å². The minimum absolute atomic E-state index is 0.107.